The summed E-state index contributed by atoms with van der Waals surface area (Å²) >= 11 is 0. The van der Waals surface area contributed by atoms with Gasteiger partial charge in [-0.2, -0.15) is 8.78 Å². The van der Waals surface area contributed by atoms with Gasteiger partial charge in [0.25, 0.3) is 11.8 Å². The number of carbonyl (C=O) groups is 1. The summed E-state index contributed by atoms with van der Waals surface area (Å²) < 4.78 is 33.9. The molecule has 0 aliphatic carbocycles. The second-order valence-electron chi connectivity index (χ2n) is 10.5. The highest BCUT2D eigenvalue weighted by Gasteiger charge is 2.31. The van der Waals surface area contributed by atoms with Gasteiger partial charge in [0.05, 0.1) is 18.0 Å². The van der Waals surface area contributed by atoms with Gasteiger partial charge in [0.2, 0.25) is 0 Å². The molecule has 2 N–H and O–H groups in total. The van der Waals surface area contributed by atoms with E-state index in [1.807, 2.05) is 19.1 Å². The zero-order valence-corrected chi connectivity index (χ0v) is 22.9. The van der Waals surface area contributed by atoms with Crippen LogP contribution in [-0.2, 0) is 10.7 Å². The summed E-state index contributed by atoms with van der Waals surface area (Å²) in [5.74, 6) is -2.48. The maximum atomic E-state index is 14.2. The molecule has 0 atom stereocenters. The number of hydrogen-bond acceptors (Lipinski definition) is 7. The lowest BCUT2D eigenvalue weighted by molar-refractivity contribution is -0.0128. The van der Waals surface area contributed by atoms with Crippen molar-refractivity contribution in [3.05, 3.63) is 65.4 Å². The molecule has 2 aliphatic rings. The Hall–Kier alpha value is -3.50. The minimum Gasteiger partial charge on any atom is -0.393 e. The van der Waals surface area contributed by atoms with E-state index in [1.54, 1.807) is 6.20 Å². The summed E-state index contributed by atoms with van der Waals surface area (Å²) in [7, 11) is 0. The fraction of sp³-hybridized carbons (Fsp3) is 0.467. The van der Waals surface area contributed by atoms with Crippen LogP contribution in [0.1, 0.15) is 72.4 Å². The fourth-order valence-corrected chi connectivity index (χ4v) is 5.20. The van der Waals surface area contributed by atoms with Crippen LogP contribution in [-0.4, -0.2) is 58.4 Å². The molecular weight excluding hydrogens is 516 g/mol. The molecule has 0 bridgehead atoms. The molecule has 3 aromatic heterocycles. The van der Waals surface area contributed by atoms with Gasteiger partial charge in [0.15, 0.2) is 0 Å². The Morgan fingerprint density at radius 1 is 1.12 bits per heavy atom. The first-order valence-corrected chi connectivity index (χ1v) is 13.9. The highest BCUT2D eigenvalue weighted by molar-refractivity contribution is 6.04. The average molecular weight is 552 g/mol. The van der Waals surface area contributed by atoms with E-state index < -0.39 is 23.9 Å². The van der Waals surface area contributed by atoms with E-state index in [0.29, 0.717) is 31.7 Å². The number of ether oxygens (including phenoxy) is 1. The molecule has 2 fully saturated rings. The van der Waals surface area contributed by atoms with Gasteiger partial charge >= 0.3 is 0 Å². The van der Waals surface area contributed by atoms with Crippen LogP contribution in [0.2, 0.25) is 0 Å². The highest BCUT2D eigenvalue weighted by Crippen LogP contribution is 2.35. The predicted molar refractivity (Wildman–Crippen MR) is 149 cm³/mol. The molecule has 5 heterocycles. The summed E-state index contributed by atoms with van der Waals surface area (Å²) in [5.41, 5.74) is 3.69. The number of aliphatic hydroxyl groups excluding tert-OH is 1. The molecule has 0 radical (unpaired) electrons. The summed E-state index contributed by atoms with van der Waals surface area (Å²) in [6.45, 7) is 6.14. The lowest BCUT2D eigenvalue weighted by Crippen LogP contribution is -2.36. The smallest absolute Gasteiger partial charge is 0.289 e. The van der Waals surface area contributed by atoms with Crippen molar-refractivity contribution in [2.45, 2.75) is 63.9 Å². The van der Waals surface area contributed by atoms with E-state index in [1.165, 1.54) is 19.2 Å². The van der Waals surface area contributed by atoms with E-state index in [2.05, 4.69) is 26.3 Å². The van der Waals surface area contributed by atoms with Gasteiger partial charge in [-0.15, -0.1) is 0 Å². The van der Waals surface area contributed by atoms with Crippen molar-refractivity contribution in [1.82, 2.24) is 15.0 Å². The Labute approximate surface area is 232 Å². The van der Waals surface area contributed by atoms with Crippen molar-refractivity contribution in [1.29, 1.82) is 0 Å². The minimum absolute atomic E-state index is 0.0977. The largest absolute Gasteiger partial charge is 0.393 e. The number of aryl methyl sites for hydroxylation is 1. The van der Waals surface area contributed by atoms with Crippen LogP contribution in [0.25, 0.3) is 11.1 Å². The Morgan fingerprint density at radius 2 is 1.88 bits per heavy atom. The van der Waals surface area contributed by atoms with Crippen molar-refractivity contribution < 1.29 is 23.4 Å². The molecule has 40 heavy (non-hydrogen) atoms. The first-order chi connectivity index (χ1) is 19.2. The van der Waals surface area contributed by atoms with Gasteiger partial charge in [-0.1, -0.05) is 6.92 Å². The third kappa shape index (κ3) is 6.28. The molecule has 5 rings (SSSR count). The van der Waals surface area contributed by atoms with Gasteiger partial charge in [0, 0.05) is 67.4 Å². The average Bonchev–Trinajstić information content (AvgIpc) is 2.98. The van der Waals surface area contributed by atoms with Gasteiger partial charge in [0.1, 0.15) is 11.5 Å². The topological polar surface area (TPSA) is 100 Å². The number of nitrogens with zero attached hydrogens (tertiary/aromatic N) is 4. The monoisotopic (exact) mass is 551 g/mol. The van der Waals surface area contributed by atoms with Crippen LogP contribution in [0.3, 0.4) is 0 Å². The number of alkyl halides is 2. The van der Waals surface area contributed by atoms with E-state index in [9.17, 15) is 18.7 Å². The summed E-state index contributed by atoms with van der Waals surface area (Å²) in [5, 5.41) is 12.8. The molecule has 212 valence electrons. The van der Waals surface area contributed by atoms with E-state index in [0.717, 1.165) is 60.3 Å². The first kappa shape index (κ1) is 28.0. The number of carbonyl (C=O) groups excluding carboxylic acids is 1. The zero-order valence-electron chi connectivity index (χ0n) is 22.9. The predicted octanol–water partition coefficient (Wildman–Crippen LogP) is 5.46. The number of hydrogen-bond donors (Lipinski definition) is 2. The van der Waals surface area contributed by atoms with Crippen LogP contribution in [0.4, 0.5) is 20.3 Å². The summed E-state index contributed by atoms with van der Waals surface area (Å²) in [6, 6.07) is 8.54. The van der Waals surface area contributed by atoms with Gasteiger partial charge in [-0.3, -0.25) is 14.8 Å². The SMILES string of the molecule is CCC(F)(F)c1cc(C(=O)Nc2cnc(C)c(-c3cc(C4CCOCC4)nc(N4CCC(O)CC4)c3)c2)ccn1. The molecule has 0 spiro atoms. The Bertz CT molecular complexity index is 1350. The molecule has 0 aromatic carbocycles. The van der Waals surface area contributed by atoms with Gasteiger partial charge in [-0.05, 0) is 68.5 Å². The molecule has 1 amide bonds. The Balaban J connectivity index is 1.46. The number of nitrogens with one attached hydrogen (secondary N) is 1. The number of rotatable bonds is 7. The minimum atomic E-state index is -3.11. The van der Waals surface area contributed by atoms with Crippen LogP contribution in [0.15, 0.2) is 42.7 Å². The molecule has 0 unspecified atom stereocenters. The molecule has 0 saturated carbocycles. The molecule has 10 heteroatoms. The number of halogens is 2. The molecule has 8 nitrogen and oxygen atoms in total. The highest BCUT2D eigenvalue weighted by atomic mass is 19.3. The van der Waals surface area contributed by atoms with E-state index in [4.69, 9.17) is 9.72 Å². The Kier molecular flexibility index (Phi) is 8.37. The van der Waals surface area contributed by atoms with Gasteiger partial charge in [-0.25, -0.2) is 4.98 Å². The Morgan fingerprint density at radius 3 is 2.60 bits per heavy atom. The second kappa shape index (κ2) is 11.9. The summed E-state index contributed by atoms with van der Waals surface area (Å²) in [6.07, 6.45) is 5.28. The van der Waals surface area contributed by atoms with Crippen molar-refractivity contribution >= 4 is 17.4 Å². The standard InChI is InChI=1S/C30H35F2N5O3/c1-3-30(31,32)27-15-21(4-9-33-27)29(39)35-23-17-25(19(2)34-18-23)22-14-26(20-7-12-40-13-8-20)36-28(16-22)37-10-5-24(38)6-11-37/h4,9,14-18,20,24,38H,3,5-8,10-13H2,1-2H3,(H,35,39). The molecule has 2 aliphatic heterocycles. The van der Waals surface area contributed by atoms with Crippen molar-refractivity contribution in [2.24, 2.45) is 0 Å². The lowest BCUT2D eigenvalue weighted by atomic mass is 9.93. The van der Waals surface area contributed by atoms with Crippen molar-refractivity contribution in [2.75, 3.05) is 36.5 Å². The van der Waals surface area contributed by atoms with Gasteiger partial charge < -0.3 is 20.1 Å². The fourth-order valence-electron chi connectivity index (χ4n) is 5.20. The number of aromatic nitrogens is 3. The molecule has 2 saturated heterocycles. The number of pyridine rings is 3. The van der Waals surface area contributed by atoms with Crippen molar-refractivity contribution in [3.8, 4) is 11.1 Å². The lowest BCUT2D eigenvalue weighted by Gasteiger charge is -2.32. The molecular formula is C30H35F2N5O3. The van der Waals surface area contributed by atoms with E-state index >= 15 is 0 Å². The van der Waals surface area contributed by atoms with Crippen LogP contribution in [0, 0.1) is 6.92 Å². The van der Waals surface area contributed by atoms with Crippen LogP contribution >= 0.6 is 0 Å². The first-order valence-electron chi connectivity index (χ1n) is 13.9. The number of amides is 1. The van der Waals surface area contributed by atoms with Crippen LogP contribution in [0.5, 0.6) is 0 Å². The molecule has 3 aromatic rings. The second-order valence-corrected chi connectivity index (χ2v) is 10.5. The van der Waals surface area contributed by atoms with Crippen LogP contribution < -0.4 is 10.2 Å². The third-order valence-electron chi connectivity index (χ3n) is 7.76. The normalized spacial score (nSPS) is 17.2. The maximum absolute atomic E-state index is 14.2. The third-order valence-corrected chi connectivity index (χ3v) is 7.76. The zero-order chi connectivity index (χ0) is 28.3. The number of aliphatic hydroxyl groups is 1. The summed E-state index contributed by atoms with van der Waals surface area (Å²) in [4.78, 5) is 28.5. The quantitative estimate of drug-likeness (QED) is 0.402. The van der Waals surface area contributed by atoms with Crippen molar-refractivity contribution in [3.63, 3.8) is 0 Å². The number of piperidine rings is 1. The van der Waals surface area contributed by atoms with E-state index in [-0.39, 0.29) is 17.6 Å². The number of anilines is 2. The maximum Gasteiger partial charge on any atom is 0.289 e.